The Hall–Kier alpha value is -2.17. The first-order chi connectivity index (χ1) is 14.7. The van der Waals surface area contributed by atoms with Crippen LogP contribution in [-0.2, 0) is 14.3 Å². The lowest BCUT2D eigenvalue weighted by Crippen LogP contribution is -2.46. The molecule has 1 unspecified atom stereocenters. The van der Waals surface area contributed by atoms with Crippen LogP contribution in [0.25, 0.3) is 0 Å². The van der Waals surface area contributed by atoms with Crippen molar-refractivity contribution < 1.29 is 19.4 Å². The Morgan fingerprint density at radius 1 is 0.839 bits per heavy atom. The van der Waals surface area contributed by atoms with E-state index in [2.05, 4.69) is 53.7 Å². The summed E-state index contributed by atoms with van der Waals surface area (Å²) in [5.74, 6) is -3.17. The molecule has 1 aliphatic rings. The van der Waals surface area contributed by atoms with Crippen molar-refractivity contribution >= 4 is 5.97 Å². The summed E-state index contributed by atoms with van der Waals surface area (Å²) >= 11 is 0. The molecule has 0 aromatic rings. The van der Waals surface area contributed by atoms with Gasteiger partial charge in [-0.1, -0.05) is 64.8 Å². The lowest BCUT2D eigenvalue weighted by atomic mass is 9.93. The number of carbonyl (C=O) groups is 1. The Morgan fingerprint density at radius 3 is 1.74 bits per heavy atom. The zero-order valence-electron chi connectivity index (χ0n) is 20.1. The Morgan fingerprint density at radius 2 is 1.32 bits per heavy atom. The monoisotopic (exact) mass is 428 g/mol. The summed E-state index contributed by atoms with van der Waals surface area (Å²) in [6.45, 7) is 13.1. The van der Waals surface area contributed by atoms with E-state index in [1.54, 1.807) is 24.3 Å². The predicted molar refractivity (Wildman–Crippen MR) is 129 cm³/mol. The summed E-state index contributed by atoms with van der Waals surface area (Å²) < 4.78 is 12.1. The molecule has 0 amide bonds. The highest BCUT2D eigenvalue weighted by Gasteiger charge is 2.43. The smallest absolute Gasteiger partial charge is 0.316 e. The Balaban J connectivity index is 2.81. The SMILES string of the molecule is CC(C)=CCC/C(C)=C/COC1(OC/C=C(\C)CCC=C(C)C)C=CC=CC1C(=O)O. The highest BCUT2D eigenvalue weighted by molar-refractivity contribution is 5.74. The molecular formula is C27H40O4. The molecule has 0 aromatic carbocycles. The minimum atomic E-state index is -1.31. The first-order valence-electron chi connectivity index (χ1n) is 11.1. The number of hydrogen-bond donors (Lipinski definition) is 1. The third-order valence-corrected chi connectivity index (χ3v) is 5.11. The van der Waals surface area contributed by atoms with Gasteiger partial charge < -0.3 is 14.6 Å². The van der Waals surface area contributed by atoms with Crippen LogP contribution >= 0.6 is 0 Å². The summed E-state index contributed by atoms with van der Waals surface area (Å²) in [5.41, 5.74) is 5.04. The largest absolute Gasteiger partial charge is 0.481 e. The van der Waals surface area contributed by atoms with E-state index in [-0.39, 0.29) is 0 Å². The van der Waals surface area contributed by atoms with E-state index < -0.39 is 17.7 Å². The fraction of sp³-hybridized carbons (Fsp3) is 0.519. The molecule has 1 N–H and O–H groups in total. The van der Waals surface area contributed by atoms with Crippen LogP contribution in [0.4, 0.5) is 0 Å². The number of hydrogen-bond acceptors (Lipinski definition) is 3. The predicted octanol–water partition coefficient (Wildman–Crippen LogP) is 6.93. The molecule has 0 spiro atoms. The summed E-state index contributed by atoms with van der Waals surface area (Å²) in [5, 5.41) is 9.74. The van der Waals surface area contributed by atoms with Crippen molar-refractivity contribution in [2.75, 3.05) is 13.2 Å². The normalized spacial score (nSPS) is 21.2. The molecule has 31 heavy (non-hydrogen) atoms. The van der Waals surface area contributed by atoms with Crippen molar-refractivity contribution in [3.05, 3.63) is 70.9 Å². The zero-order chi connectivity index (χ0) is 23.3. The second-order valence-electron chi connectivity index (χ2n) is 8.64. The molecule has 4 nitrogen and oxygen atoms in total. The number of allylic oxidation sites excluding steroid dienone is 8. The van der Waals surface area contributed by atoms with Gasteiger partial charge in [0.25, 0.3) is 0 Å². The van der Waals surface area contributed by atoms with E-state index in [9.17, 15) is 9.90 Å². The summed E-state index contributed by atoms with van der Waals surface area (Å²) in [7, 11) is 0. The van der Waals surface area contributed by atoms with Crippen molar-refractivity contribution in [3.63, 3.8) is 0 Å². The Bertz CT molecular complexity index is 712. The third kappa shape index (κ3) is 10.6. The summed E-state index contributed by atoms with van der Waals surface area (Å²) in [6.07, 6.45) is 19.2. The maximum atomic E-state index is 11.9. The van der Waals surface area contributed by atoms with Crippen molar-refractivity contribution in [2.24, 2.45) is 5.92 Å². The molecule has 1 aliphatic carbocycles. The number of aliphatic carboxylic acids is 1. The average Bonchev–Trinajstić information content (AvgIpc) is 2.67. The van der Waals surface area contributed by atoms with Gasteiger partial charge in [0.2, 0.25) is 5.79 Å². The van der Waals surface area contributed by atoms with E-state index in [0.29, 0.717) is 13.2 Å². The number of carboxylic acid groups (broad SMARTS) is 1. The minimum absolute atomic E-state index is 0.298. The number of rotatable bonds is 13. The second kappa shape index (κ2) is 14.0. The average molecular weight is 429 g/mol. The molecule has 0 saturated carbocycles. The van der Waals surface area contributed by atoms with Gasteiger partial charge in [0.15, 0.2) is 0 Å². The van der Waals surface area contributed by atoms with Crippen LogP contribution in [-0.4, -0.2) is 30.1 Å². The number of ether oxygens (including phenoxy) is 2. The van der Waals surface area contributed by atoms with E-state index in [1.807, 2.05) is 12.2 Å². The summed E-state index contributed by atoms with van der Waals surface area (Å²) in [6, 6.07) is 0. The van der Waals surface area contributed by atoms with Gasteiger partial charge in [-0.15, -0.1) is 0 Å². The van der Waals surface area contributed by atoms with Crippen LogP contribution in [0.5, 0.6) is 0 Å². The van der Waals surface area contributed by atoms with Crippen LogP contribution in [0.1, 0.15) is 67.2 Å². The molecule has 0 saturated heterocycles. The topological polar surface area (TPSA) is 55.8 Å². The molecule has 1 rings (SSSR count). The fourth-order valence-electron chi connectivity index (χ4n) is 3.18. The third-order valence-electron chi connectivity index (χ3n) is 5.11. The van der Waals surface area contributed by atoms with Gasteiger partial charge >= 0.3 is 5.97 Å². The van der Waals surface area contributed by atoms with E-state index in [0.717, 1.165) is 25.7 Å². The molecule has 0 aromatic heterocycles. The van der Waals surface area contributed by atoms with Crippen LogP contribution in [0, 0.1) is 5.92 Å². The van der Waals surface area contributed by atoms with Gasteiger partial charge in [0, 0.05) is 0 Å². The molecular weight excluding hydrogens is 388 g/mol. The standard InChI is InChI=1S/C27H40O4/c1-21(2)11-9-13-23(5)16-19-30-27(18-8-7-15-25(27)26(28)29)31-20-17-24(6)14-10-12-22(3)4/h7-8,11-12,15-18,25H,9-10,13-14,19-20H2,1-6H3,(H,28,29)/b23-16+,24-17+. The van der Waals surface area contributed by atoms with Crippen LogP contribution in [0.15, 0.2) is 70.9 Å². The van der Waals surface area contributed by atoms with Crippen LogP contribution in [0.2, 0.25) is 0 Å². The molecule has 0 bridgehead atoms. The van der Waals surface area contributed by atoms with Gasteiger partial charge in [0.05, 0.1) is 13.2 Å². The van der Waals surface area contributed by atoms with Gasteiger partial charge in [-0.05, 0) is 73.3 Å². The molecule has 4 heteroatoms. The van der Waals surface area contributed by atoms with Crippen LogP contribution in [0.3, 0.4) is 0 Å². The van der Waals surface area contributed by atoms with Crippen LogP contribution < -0.4 is 0 Å². The maximum absolute atomic E-state index is 11.9. The van der Waals surface area contributed by atoms with Crippen molar-refractivity contribution in [3.8, 4) is 0 Å². The Kier molecular flexibility index (Phi) is 12.1. The molecule has 0 fully saturated rings. The van der Waals surface area contributed by atoms with Crippen molar-refractivity contribution in [2.45, 2.75) is 73.0 Å². The van der Waals surface area contributed by atoms with Gasteiger partial charge in [0.1, 0.15) is 5.92 Å². The second-order valence-corrected chi connectivity index (χ2v) is 8.64. The quantitative estimate of drug-likeness (QED) is 0.255. The van der Waals surface area contributed by atoms with Gasteiger partial charge in [-0.2, -0.15) is 0 Å². The van der Waals surface area contributed by atoms with E-state index in [1.165, 1.54) is 22.3 Å². The minimum Gasteiger partial charge on any atom is -0.481 e. The van der Waals surface area contributed by atoms with Gasteiger partial charge in [-0.3, -0.25) is 4.79 Å². The number of carboxylic acids is 1. The highest BCUT2D eigenvalue weighted by Crippen LogP contribution is 2.31. The summed E-state index contributed by atoms with van der Waals surface area (Å²) in [4.78, 5) is 11.9. The lowest BCUT2D eigenvalue weighted by molar-refractivity contribution is -0.220. The molecule has 0 aliphatic heterocycles. The molecule has 0 radical (unpaired) electrons. The zero-order valence-corrected chi connectivity index (χ0v) is 20.1. The molecule has 0 heterocycles. The Labute approximate surface area is 188 Å². The first kappa shape index (κ1) is 26.9. The lowest BCUT2D eigenvalue weighted by Gasteiger charge is -2.35. The van der Waals surface area contributed by atoms with Crippen molar-refractivity contribution in [1.29, 1.82) is 0 Å². The maximum Gasteiger partial charge on any atom is 0.316 e. The van der Waals surface area contributed by atoms with E-state index >= 15 is 0 Å². The van der Waals surface area contributed by atoms with Crippen molar-refractivity contribution in [1.82, 2.24) is 0 Å². The molecule has 172 valence electrons. The molecule has 1 atom stereocenters. The van der Waals surface area contributed by atoms with E-state index in [4.69, 9.17) is 9.47 Å². The van der Waals surface area contributed by atoms with Gasteiger partial charge in [-0.25, -0.2) is 0 Å². The fourth-order valence-corrected chi connectivity index (χ4v) is 3.18. The first-order valence-corrected chi connectivity index (χ1v) is 11.1. The highest BCUT2D eigenvalue weighted by atomic mass is 16.7.